The molecule has 0 saturated carbocycles. The average molecular weight is 210 g/mol. The highest BCUT2D eigenvalue weighted by atomic mass is 35.5. The molecule has 0 aliphatic heterocycles. The van der Waals surface area contributed by atoms with Crippen molar-refractivity contribution in [3.8, 4) is 0 Å². The predicted molar refractivity (Wildman–Crippen MR) is 62.7 cm³/mol. The van der Waals surface area contributed by atoms with Gasteiger partial charge in [-0.25, -0.2) is 0 Å². The van der Waals surface area contributed by atoms with Crippen molar-refractivity contribution in [2.75, 3.05) is 7.05 Å². The number of rotatable bonds is 3. The maximum atomic E-state index is 5.83. The van der Waals surface area contributed by atoms with Gasteiger partial charge in [-0.3, -0.25) is 0 Å². The van der Waals surface area contributed by atoms with Crippen molar-refractivity contribution in [2.24, 2.45) is 0 Å². The molecule has 1 rings (SSSR count). The highest BCUT2D eigenvalue weighted by molar-refractivity contribution is 6.30. The van der Waals surface area contributed by atoms with E-state index in [-0.39, 0.29) is 6.04 Å². The molecule has 76 valence electrons. The standard InChI is InChI=1S/C12H16ClN/c1-9(2)8-12(14-3)10-4-6-11(13)7-5-10/h4-8,12,14H,1-3H3. The van der Waals surface area contributed by atoms with Gasteiger partial charge < -0.3 is 5.32 Å². The molecule has 1 aromatic carbocycles. The Hall–Kier alpha value is -0.790. The van der Waals surface area contributed by atoms with Crippen molar-refractivity contribution in [3.63, 3.8) is 0 Å². The molecule has 1 N–H and O–H groups in total. The van der Waals surface area contributed by atoms with E-state index in [9.17, 15) is 0 Å². The first-order chi connectivity index (χ1) is 6.63. The van der Waals surface area contributed by atoms with Crippen molar-refractivity contribution in [1.29, 1.82) is 0 Å². The Balaban J connectivity index is 2.90. The third-order valence-electron chi connectivity index (χ3n) is 2.04. The van der Waals surface area contributed by atoms with Gasteiger partial charge in [0.15, 0.2) is 0 Å². The molecule has 1 nitrogen and oxygen atoms in total. The molecule has 0 aliphatic rings. The molecule has 1 unspecified atom stereocenters. The Morgan fingerprint density at radius 1 is 1.29 bits per heavy atom. The summed E-state index contributed by atoms with van der Waals surface area (Å²) in [5.41, 5.74) is 2.54. The van der Waals surface area contributed by atoms with Gasteiger partial charge in [-0.2, -0.15) is 0 Å². The summed E-state index contributed by atoms with van der Waals surface area (Å²) in [5, 5.41) is 4.03. The van der Waals surface area contributed by atoms with Crippen LogP contribution in [0.2, 0.25) is 5.02 Å². The fourth-order valence-corrected chi connectivity index (χ4v) is 1.48. The number of benzene rings is 1. The maximum absolute atomic E-state index is 5.83. The summed E-state index contributed by atoms with van der Waals surface area (Å²) in [4.78, 5) is 0. The largest absolute Gasteiger partial charge is 0.310 e. The van der Waals surface area contributed by atoms with E-state index < -0.39 is 0 Å². The number of hydrogen-bond acceptors (Lipinski definition) is 1. The maximum Gasteiger partial charge on any atom is 0.0506 e. The average Bonchev–Trinajstić information content (AvgIpc) is 2.15. The number of halogens is 1. The normalized spacial score (nSPS) is 12.3. The Kier molecular flexibility index (Phi) is 4.18. The number of hydrogen-bond donors (Lipinski definition) is 1. The van der Waals surface area contributed by atoms with Crippen LogP contribution >= 0.6 is 11.6 Å². The molecule has 14 heavy (non-hydrogen) atoms. The second-order valence-electron chi connectivity index (χ2n) is 3.56. The Labute approximate surface area is 90.8 Å². The molecule has 0 spiro atoms. The summed E-state index contributed by atoms with van der Waals surface area (Å²) >= 11 is 5.83. The van der Waals surface area contributed by atoms with Gasteiger partial charge in [0, 0.05) is 5.02 Å². The van der Waals surface area contributed by atoms with Crippen molar-refractivity contribution in [1.82, 2.24) is 5.32 Å². The van der Waals surface area contributed by atoms with Gasteiger partial charge in [0.1, 0.15) is 0 Å². The Morgan fingerprint density at radius 3 is 2.29 bits per heavy atom. The third kappa shape index (κ3) is 3.17. The van der Waals surface area contributed by atoms with Crippen LogP contribution in [0, 0.1) is 0 Å². The van der Waals surface area contributed by atoms with E-state index in [1.165, 1.54) is 11.1 Å². The lowest BCUT2D eigenvalue weighted by Gasteiger charge is -2.12. The van der Waals surface area contributed by atoms with E-state index in [1.54, 1.807) is 0 Å². The fourth-order valence-electron chi connectivity index (χ4n) is 1.35. The number of nitrogens with one attached hydrogen (secondary N) is 1. The van der Waals surface area contributed by atoms with Crippen LogP contribution in [0.25, 0.3) is 0 Å². The monoisotopic (exact) mass is 209 g/mol. The molecule has 0 bridgehead atoms. The summed E-state index contributed by atoms with van der Waals surface area (Å²) in [5.74, 6) is 0. The first-order valence-electron chi connectivity index (χ1n) is 4.71. The molecule has 0 heterocycles. The van der Waals surface area contributed by atoms with Crippen LogP contribution < -0.4 is 5.32 Å². The molecule has 0 amide bonds. The molecule has 2 heteroatoms. The van der Waals surface area contributed by atoms with Gasteiger partial charge in [-0.15, -0.1) is 0 Å². The van der Waals surface area contributed by atoms with E-state index in [0.717, 1.165) is 5.02 Å². The van der Waals surface area contributed by atoms with Crippen molar-refractivity contribution < 1.29 is 0 Å². The topological polar surface area (TPSA) is 12.0 Å². The quantitative estimate of drug-likeness (QED) is 0.751. The van der Waals surface area contributed by atoms with E-state index >= 15 is 0 Å². The lowest BCUT2D eigenvalue weighted by atomic mass is 10.1. The van der Waals surface area contributed by atoms with E-state index in [1.807, 2.05) is 31.3 Å². The minimum atomic E-state index is 0.275. The Morgan fingerprint density at radius 2 is 1.86 bits per heavy atom. The lowest BCUT2D eigenvalue weighted by molar-refractivity contribution is 0.710. The Bertz CT molecular complexity index is 310. The van der Waals surface area contributed by atoms with Crippen LogP contribution in [0.15, 0.2) is 35.9 Å². The molecule has 1 atom stereocenters. The van der Waals surface area contributed by atoms with E-state index in [0.29, 0.717) is 0 Å². The second kappa shape index (κ2) is 5.18. The van der Waals surface area contributed by atoms with Crippen LogP contribution in [-0.2, 0) is 0 Å². The molecular formula is C12H16ClN. The minimum absolute atomic E-state index is 0.275. The third-order valence-corrected chi connectivity index (χ3v) is 2.29. The van der Waals surface area contributed by atoms with Crippen molar-refractivity contribution in [3.05, 3.63) is 46.5 Å². The smallest absolute Gasteiger partial charge is 0.0506 e. The van der Waals surface area contributed by atoms with Gasteiger partial charge in [0.2, 0.25) is 0 Å². The predicted octanol–water partition coefficient (Wildman–Crippen LogP) is 3.57. The highest BCUT2D eigenvalue weighted by Crippen LogP contribution is 2.18. The van der Waals surface area contributed by atoms with Crippen molar-refractivity contribution >= 4 is 11.6 Å². The van der Waals surface area contributed by atoms with Gasteiger partial charge >= 0.3 is 0 Å². The van der Waals surface area contributed by atoms with Gasteiger partial charge in [0.05, 0.1) is 6.04 Å². The zero-order chi connectivity index (χ0) is 10.6. The molecule has 0 aliphatic carbocycles. The second-order valence-corrected chi connectivity index (χ2v) is 4.00. The molecule has 0 saturated heterocycles. The summed E-state index contributed by atoms with van der Waals surface area (Å²) in [6.07, 6.45) is 2.20. The van der Waals surface area contributed by atoms with Crippen LogP contribution in [-0.4, -0.2) is 7.05 Å². The van der Waals surface area contributed by atoms with Gasteiger partial charge in [-0.1, -0.05) is 35.4 Å². The summed E-state index contributed by atoms with van der Waals surface area (Å²) in [6, 6.07) is 8.20. The van der Waals surface area contributed by atoms with Crippen molar-refractivity contribution in [2.45, 2.75) is 19.9 Å². The zero-order valence-corrected chi connectivity index (χ0v) is 9.60. The molecular weight excluding hydrogens is 194 g/mol. The van der Waals surface area contributed by atoms with E-state index in [4.69, 9.17) is 11.6 Å². The molecule has 0 aromatic heterocycles. The number of likely N-dealkylation sites (N-methyl/N-ethyl adjacent to an activating group) is 1. The fraction of sp³-hybridized carbons (Fsp3) is 0.333. The first-order valence-corrected chi connectivity index (χ1v) is 5.09. The SMILES string of the molecule is CNC(C=C(C)C)c1ccc(Cl)cc1. The highest BCUT2D eigenvalue weighted by Gasteiger charge is 2.04. The van der Waals surface area contributed by atoms with Crippen LogP contribution in [0.5, 0.6) is 0 Å². The van der Waals surface area contributed by atoms with Crippen LogP contribution in [0.1, 0.15) is 25.5 Å². The van der Waals surface area contributed by atoms with Crippen LogP contribution in [0.4, 0.5) is 0 Å². The first kappa shape index (κ1) is 11.3. The summed E-state index contributed by atoms with van der Waals surface area (Å²) in [6.45, 7) is 4.19. The molecule has 0 radical (unpaired) electrons. The zero-order valence-electron chi connectivity index (χ0n) is 8.84. The minimum Gasteiger partial charge on any atom is -0.310 e. The van der Waals surface area contributed by atoms with Crippen LogP contribution in [0.3, 0.4) is 0 Å². The van der Waals surface area contributed by atoms with Gasteiger partial charge in [0.25, 0.3) is 0 Å². The summed E-state index contributed by atoms with van der Waals surface area (Å²) in [7, 11) is 1.96. The lowest BCUT2D eigenvalue weighted by Crippen LogP contribution is -2.13. The number of allylic oxidation sites excluding steroid dienone is 1. The summed E-state index contributed by atoms with van der Waals surface area (Å²) < 4.78 is 0. The molecule has 0 fully saturated rings. The van der Waals surface area contributed by atoms with Gasteiger partial charge in [-0.05, 0) is 38.6 Å². The van der Waals surface area contributed by atoms with E-state index in [2.05, 4.69) is 25.2 Å². The molecule has 1 aromatic rings.